The first-order valence-corrected chi connectivity index (χ1v) is 17.4. The summed E-state index contributed by atoms with van der Waals surface area (Å²) in [7, 11) is 0. The maximum Gasteiger partial charge on any atom is 0.416 e. The second-order valence-electron chi connectivity index (χ2n) is 12.6. The van der Waals surface area contributed by atoms with Gasteiger partial charge in [-0.3, -0.25) is 19.6 Å². The average Bonchev–Trinajstić information content (AvgIpc) is 3.81. The van der Waals surface area contributed by atoms with Gasteiger partial charge >= 0.3 is 6.18 Å². The molecule has 3 aromatic carbocycles. The number of aliphatic hydroxyl groups excluding tert-OH is 1. The number of hydrogen-bond acceptors (Lipinski definition) is 8. The van der Waals surface area contributed by atoms with Gasteiger partial charge < -0.3 is 20.6 Å². The highest BCUT2D eigenvalue weighted by Crippen LogP contribution is 2.35. The van der Waals surface area contributed by atoms with Gasteiger partial charge in [-0.05, 0) is 62.1 Å². The van der Waals surface area contributed by atoms with Crippen molar-refractivity contribution in [1.29, 1.82) is 0 Å². The molecule has 0 saturated carbocycles. The molecule has 2 amide bonds. The van der Waals surface area contributed by atoms with Gasteiger partial charge in [-0.25, -0.2) is 4.98 Å². The van der Waals surface area contributed by atoms with Crippen LogP contribution in [0.4, 0.5) is 13.2 Å². The Balaban J connectivity index is 1.24. The number of alkyl halides is 3. The summed E-state index contributed by atoms with van der Waals surface area (Å²) in [5, 5.41) is 20.5. The zero-order valence-electron chi connectivity index (χ0n) is 28.0. The molecule has 6 rings (SSSR count). The van der Waals surface area contributed by atoms with Crippen molar-refractivity contribution in [3.8, 4) is 11.3 Å². The Morgan fingerprint density at radius 3 is 2.53 bits per heavy atom. The first kappa shape index (κ1) is 35.8. The van der Waals surface area contributed by atoms with E-state index in [1.807, 2.05) is 18.4 Å². The topological polar surface area (TPSA) is 120 Å². The molecule has 0 radical (unpaired) electrons. The van der Waals surface area contributed by atoms with E-state index in [-0.39, 0.29) is 24.1 Å². The lowest BCUT2D eigenvalue weighted by molar-refractivity contribution is -0.137. The fourth-order valence-electron chi connectivity index (χ4n) is 6.28. The number of nitrogens with zero attached hydrogens (tertiary/aromatic N) is 4. The Morgan fingerprint density at radius 1 is 1.04 bits per heavy atom. The molecule has 51 heavy (non-hydrogen) atoms. The smallest absolute Gasteiger partial charge is 0.389 e. The molecule has 0 spiro atoms. The standard InChI is InChI=1S/C38H37F3N6O3S/c1-23-22-51-36(45-23)32-12-7-15-47(32)37(50)29-18-27(31-21-42-13-14-43-31)17-28(19-29)35(49)46-24(2)34(48)33(26-9-4-3-5-10-26)44-20-25-8-6-11-30(16-25)38(39,40)41/h3-6,8-11,13-14,16-19,21-22,24,32-34,44,48H,7,12,15,20H2,1-2H3,(H,46,49). The van der Waals surface area contributed by atoms with Crippen LogP contribution in [0.5, 0.6) is 0 Å². The first-order chi connectivity index (χ1) is 24.5. The number of aliphatic hydroxyl groups is 1. The third-order valence-electron chi connectivity index (χ3n) is 8.89. The Bertz CT molecular complexity index is 1970. The van der Waals surface area contributed by atoms with E-state index in [0.29, 0.717) is 34.5 Å². The molecule has 1 saturated heterocycles. The summed E-state index contributed by atoms with van der Waals surface area (Å²) in [4.78, 5) is 42.9. The molecule has 264 valence electrons. The Kier molecular flexibility index (Phi) is 10.9. The van der Waals surface area contributed by atoms with Gasteiger partial charge in [0.2, 0.25) is 0 Å². The lowest BCUT2D eigenvalue weighted by Gasteiger charge is -2.30. The molecule has 5 aromatic rings. The highest BCUT2D eigenvalue weighted by atomic mass is 32.1. The lowest BCUT2D eigenvalue weighted by atomic mass is 9.95. The number of likely N-dealkylation sites (tertiary alicyclic amines) is 1. The third kappa shape index (κ3) is 8.50. The fourth-order valence-corrected chi connectivity index (χ4v) is 7.22. The summed E-state index contributed by atoms with van der Waals surface area (Å²) in [5.41, 5.74) is 2.71. The Labute approximate surface area is 297 Å². The molecule has 13 heteroatoms. The Morgan fingerprint density at radius 2 is 1.82 bits per heavy atom. The summed E-state index contributed by atoms with van der Waals surface area (Å²) in [5.74, 6) is -0.763. The van der Waals surface area contributed by atoms with Gasteiger partial charge in [0.05, 0.1) is 41.7 Å². The van der Waals surface area contributed by atoms with Gasteiger partial charge in [-0.15, -0.1) is 11.3 Å². The van der Waals surface area contributed by atoms with Gasteiger partial charge in [0.15, 0.2) is 0 Å². The van der Waals surface area contributed by atoms with E-state index in [1.54, 1.807) is 66.6 Å². The van der Waals surface area contributed by atoms with Crippen LogP contribution in [-0.2, 0) is 12.7 Å². The van der Waals surface area contributed by atoms with E-state index < -0.39 is 35.8 Å². The van der Waals surface area contributed by atoms with Crippen LogP contribution < -0.4 is 10.6 Å². The summed E-state index contributed by atoms with van der Waals surface area (Å²) < 4.78 is 40.1. The van der Waals surface area contributed by atoms with Crippen molar-refractivity contribution in [2.24, 2.45) is 0 Å². The number of aryl methyl sites for hydroxylation is 1. The fraction of sp³-hybridized carbons (Fsp3) is 0.289. The zero-order valence-corrected chi connectivity index (χ0v) is 28.8. The zero-order chi connectivity index (χ0) is 36.1. The van der Waals surface area contributed by atoms with Gasteiger partial charge in [0, 0.05) is 53.2 Å². The number of carbonyl (C=O) groups is 2. The summed E-state index contributed by atoms with van der Waals surface area (Å²) in [6, 6.07) is 17.1. The third-order valence-corrected chi connectivity index (χ3v) is 9.95. The Hall–Kier alpha value is -4.98. The predicted molar refractivity (Wildman–Crippen MR) is 188 cm³/mol. The summed E-state index contributed by atoms with van der Waals surface area (Å²) >= 11 is 1.52. The van der Waals surface area contributed by atoms with Gasteiger partial charge in [-0.2, -0.15) is 13.2 Å². The van der Waals surface area contributed by atoms with Crippen LogP contribution in [0.1, 0.15) is 80.0 Å². The number of aromatic nitrogens is 3. The van der Waals surface area contributed by atoms with Crippen molar-refractivity contribution >= 4 is 23.2 Å². The number of carbonyl (C=O) groups excluding carboxylic acids is 2. The maximum absolute atomic E-state index is 14.1. The SMILES string of the molecule is Cc1csc(C2CCCN2C(=O)c2cc(C(=O)NC(C)C(O)C(NCc3cccc(C(F)(F)F)c3)c3ccccc3)cc(-c3cnccn3)c2)n1. The normalized spacial score (nSPS) is 16.4. The largest absolute Gasteiger partial charge is 0.416 e. The molecule has 1 aliphatic heterocycles. The van der Waals surface area contributed by atoms with E-state index in [4.69, 9.17) is 0 Å². The van der Waals surface area contributed by atoms with Crippen molar-refractivity contribution in [3.63, 3.8) is 0 Å². The molecule has 1 aliphatic rings. The van der Waals surface area contributed by atoms with Crippen LogP contribution in [0, 0.1) is 6.92 Å². The van der Waals surface area contributed by atoms with Gasteiger partial charge in [0.25, 0.3) is 11.8 Å². The van der Waals surface area contributed by atoms with Crippen LogP contribution >= 0.6 is 11.3 Å². The minimum Gasteiger partial charge on any atom is -0.389 e. The van der Waals surface area contributed by atoms with E-state index in [9.17, 15) is 27.9 Å². The van der Waals surface area contributed by atoms with Gasteiger partial charge in [0.1, 0.15) is 5.01 Å². The summed E-state index contributed by atoms with van der Waals surface area (Å²) in [6.07, 6.45) is 0.539. The molecule has 0 bridgehead atoms. The molecular formula is C38H37F3N6O3S. The average molecular weight is 715 g/mol. The molecule has 3 N–H and O–H groups in total. The number of benzene rings is 3. The number of nitrogens with one attached hydrogen (secondary N) is 2. The monoisotopic (exact) mass is 714 g/mol. The van der Waals surface area contributed by atoms with Crippen LogP contribution in [0.15, 0.2) is 96.8 Å². The quantitative estimate of drug-likeness (QED) is 0.136. The molecule has 4 unspecified atom stereocenters. The van der Waals surface area contributed by atoms with Crippen molar-refractivity contribution in [2.75, 3.05) is 6.54 Å². The molecule has 0 aliphatic carbocycles. The van der Waals surface area contributed by atoms with E-state index in [0.717, 1.165) is 35.7 Å². The molecule has 4 atom stereocenters. The number of rotatable bonds is 11. The van der Waals surface area contributed by atoms with Crippen molar-refractivity contribution < 1.29 is 27.9 Å². The van der Waals surface area contributed by atoms with E-state index >= 15 is 0 Å². The molecule has 2 aromatic heterocycles. The van der Waals surface area contributed by atoms with Crippen LogP contribution in [0.2, 0.25) is 0 Å². The van der Waals surface area contributed by atoms with Crippen LogP contribution in [-0.4, -0.2) is 55.5 Å². The molecule has 9 nitrogen and oxygen atoms in total. The summed E-state index contributed by atoms with van der Waals surface area (Å²) in [6.45, 7) is 4.15. The minimum absolute atomic E-state index is 0.0326. The maximum atomic E-state index is 14.1. The predicted octanol–water partition coefficient (Wildman–Crippen LogP) is 6.91. The van der Waals surface area contributed by atoms with Crippen molar-refractivity contribution in [2.45, 2.75) is 63.6 Å². The van der Waals surface area contributed by atoms with Gasteiger partial charge in [-0.1, -0.05) is 48.5 Å². The minimum atomic E-state index is -4.49. The van der Waals surface area contributed by atoms with Crippen molar-refractivity contribution in [3.05, 3.63) is 135 Å². The van der Waals surface area contributed by atoms with Crippen LogP contribution in [0.3, 0.4) is 0 Å². The molecular weight excluding hydrogens is 678 g/mol. The molecule has 1 fully saturated rings. The number of hydrogen-bond donors (Lipinski definition) is 3. The first-order valence-electron chi connectivity index (χ1n) is 16.6. The lowest BCUT2D eigenvalue weighted by Crippen LogP contribution is -2.47. The number of amides is 2. The highest BCUT2D eigenvalue weighted by Gasteiger charge is 2.34. The van der Waals surface area contributed by atoms with E-state index in [2.05, 4.69) is 25.6 Å². The van der Waals surface area contributed by atoms with Crippen LogP contribution in [0.25, 0.3) is 11.3 Å². The second-order valence-corrected chi connectivity index (χ2v) is 13.5. The highest BCUT2D eigenvalue weighted by molar-refractivity contribution is 7.09. The number of halogens is 3. The second kappa shape index (κ2) is 15.5. The van der Waals surface area contributed by atoms with E-state index in [1.165, 1.54) is 29.8 Å². The van der Waals surface area contributed by atoms with Crippen molar-refractivity contribution in [1.82, 2.24) is 30.5 Å². The number of thiazole rings is 1. The molecule has 3 heterocycles.